The summed E-state index contributed by atoms with van der Waals surface area (Å²) < 4.78 is 67.8. The van der Waals surface area contributed by atoms with Gasteiger partial charge in [0, 0.05) is 27.4 Å². The molecule has 1 atom stereocenters. The molecule has 0 saturated heterocycles. The lowest BCUT2D eigenvalue weighted by molar-refractivity contribution is -0.183. The van der Waals surface area contributed by atoms with Crippen molar-refractivity contribution in [3.63, 3.8) is 0 Å². The third-order valence-corrected chi connectivity index (χ3v) is 5.08. The molecule has 0 radical (unpaired) electrons. The fourth-order valence-electron chi connectivity index (χ4n) is 1.30. The summed E-state index contributed by atoms with van der Waals surface area (Å²) in [6, 6.07) is 0.342. The van der Waals surface area contributed by atoms with Gasteiger partial charge in [0.1, 0.15) is 0 Å². The second kappa shape index (κ2) is 8.05. The van der Waals surface area contributed by atoms with Crippen LogP contribution in [0.5, 0.6) is 0 Å². The van der Waals surface area contributed by atoms with Crippen LogP contribution in [0.2, 0.25) is 6.04 Å². The normalized spacial score (nSPS) is 14.8. The molecule has 110 valence electrons. The van der Waals surface area contributed by atoms with E-state index < -0.39 is 27.8 Å². The average molecular weight is 294 g/mol. The molecule has 0 aliphatic carbocycles. The highest BCUT2D eigenvalue weighted by atomic mass is 28.4. The molecule has 0 fully saturated rings. The van der Waals surface area contributed by atoms with Crippen LogP contribution in [0, 0.1) is 0 Å². The summed E-state index contributed by atoms with van der Waals surface area (Å²) in [5.74, 6) is 0. The number of hydrogen-bond donors (Lipinski definition) is 0. The van der Waals surface area contributed by atoms with Crippen molar-refractivity contribution in [3.05, 3.63) is 0 Å². The maximum atomic E-state index is 12.7. The molecule has 0 heterocycles. The van der Waals surface area contributed by atoms with Crippen molar-refractivity contribution in [2.45, 2.75) is 31.4 Å². The molecule has 0 aliphatic rings. The summed E-state index contributed by atoms with van der Waals surface area (Å²) in [6.45, 7) is -0.151. The zero-order valence-electron chi connectivity index (χ0n) is 10.6. The Morgan fingerprint density at radius 1 is 1.06 bits per heavy atom. The first-order valence-corrected chi connectivity index (χ1v) is 7.19. The zero-order valence-corrected chi connectivity index (χ0v) is 11.6. The lowest BCUT2D eigenvalue weighted by Crippen LogP contribution is -2.42. The topological polar surface area (TPSA) is 36.9 Å². The number of halogens is 4. The first-order valence-electron chi connectivity index (χ1n) is 5.26. The molecule has 0 aromatic rings. The van der Waals surface area contributed by atoms with Gasteiger partial charge in [-0.2, -0.15) is 13.2 Å². The molecule has 4 nitrogen and oxygen atoms in total. The Bertz CT molecular complexity index is 215. The van der Waals surface area contributed by atoms with Crippen LogP contribution >= 0.6 is 0 Å². The van der Waals surface area contributed by atoms with E-state index >= 15 is 0 Å². The van der Waals surface area contributed by atoms with Gasteiger partial charge < -0.3 is 18.0 Å². The molecule has 18 heavy (non-hydrogen) atoms. The molecule has 9 heteroatoms. The van der Waals surface area contributed by atoms with Crippen LogP contribution in [0.1, 0.15) is 12.8 Å². The van der Waals surface area contributed by atoms with E-state index in [1.54, 1.807) is 0 Å². The molecule has 0 rings (SSSR count). The number of rotatable bonds is 9. The molecule has 0 N–H and O–H groups in total. The maximum Gasteiger partial charge on any atom is 0.500 e. The molecule has 0 aromatic heterocycles. The summed E-state index contributed by atoms with van der Waals surface area (Å²) in [6.07, 6.45) is -8.22. The predicted octanol–water partition coefficient (Wildman–Crippen LogP) is 2.52. The van der Waals surface area contributed by atoms with Crippen LogP contribution in [0.3, 0.4) is 0 Å². The highest BCUT2D eigenvalue weighted by molar-refractivity contribution is 6.60. The standard InChI is InChI=1S/C9H18F4O4Si/c1-14-18(15-2,16-3)6-4-5-17-8(10)7-9(11,12)13/h8H,4-7H2,1-3H3. The molecule has 0 aromatic carbocycles. The Hall–Kier alpha value is -0.223. The Labute approximate surface area is 105 Å². The highest BCUT2D eigenvalue weighted by Crippen LogP contribution is 2.24. The van der Waals surface area contributed by atoms with Crippen molar-refractivity contribution in [1.82, 2.24) is 0 Å². The third-order valence-electron chi connectivity index (χ3n) is 2.25. The number of ether oxygens (including phenoxy) is 1. The van der Waals surface area contributed by atoms with E-state index in [2.05, 4.69) is 4.74 Å². The smallest absolute Gasteiger partial charge is 0.377 e. The van der Waals surface area contributed by atoms with Gasteiger partial charge in [0.25, 0.3) is 0 Å². The van der Waals surface area contributed by atoms with Crippen LogP contribution in [0.25, 0.3) is 0 Å². The van der Waals surface area contributed by atoms with E-state index in [1.807, 2.05) is 0 Å². The van der Waals surface area contributed by atoms with Crippen LogP contribution in [-0.2, 0) is 18.0 Å². The van der Waals surface area contributed by atoms with Crippen LogP contribution in [-0.4, -0.2) is 49.3 Å². The van der Waals surface area contributed by atoms with Crippen LogP contribution < -0.4 is 0 Å². The lowest BCUT2D eigenvalue weighted by atomic mass is 10.4. The van der Waals surface area contributed by atoms with Gasteiger partial charge in [-0.05, 0) is 6.42 Å². The van der Waals surface area contributed by atoms with Gasteiger partial charge in [-0.15, -0.1) is 0 Å². The Balaban J connectivity index is 3.85. The molecule has 1 unspecified atom stereocenters. The van der Waals surface area contributed by atoms with Gasteiger partial charge in [0.2, 0.25) is 6.36 Å². The van der Waals surface area contributed by atoms with E-state index in [9.17, 15) is 17.6 Å². The zero-order chi connectivity index (χ0) is 14.2. The largest absolute Gasteiger partial charge is 0.500 e. The fraction of sp³-hybridized carbons (Fsp3) is 1.00. The fourth-order valence-corrected chi connectivity index (χ4v) is 2.99. The van der Waals surface area contributed by atoms with E-state index in [-0.39, 0.29) is 6.61 Å². The first kappa shape index (κ1) is 17.8. The minimum absolute atomic E-state index is 0.151. The number of alkyl halides is 4. The Kier molecular flexibility index (Phi) is 7.95. The van der Waals surface area contributed by atoms with Crippen molar-refractivity contribution in [1.29, 1.82) is 0 Å². The van der Waals surface area contributed by atoms with Crippen molar-refractivity contribution in [3.8, 4) is 0 Å². The molecule has 0 spiro atoms. The van der Waals surface area contributed by atoms with E-state index in [0.29, 0.717) is 12.5 Å². The summed E-state index contributed by atoms with van der Waals surface area (Å²) in [5, 5.41) is 0. The Morgan fingerprint density at radius 2 is 1.56 bits per heavy atom. The molecule has 0 saturated carbocycles. The highest BCUT2D eigenvalue weighted by Gasteiger charge is 2.37. The van der Waals surface area contributed by atoms with Gasteiger partial charge in [0.05, 0.1) is 13.0 Å². The van der Waals surface area contributed by atoms with E-state index in [4.69, 9.17) is 13.3 Å². The summed E-state index contributed by atoms with van der Waals surface area (Å²) >= 11 is 0. The molecule has 0 bridgehead atoms. The van der Waals surface area contributed by atoms with Gasteiger partial charge in [-0.25, -0.2) is 4.39 Å². The number of hydrogen-bond acceptors (Lipinski definition) is 4. The van der Waals surface area contributed by atoms with Gasteiger partial charge in [-0.1, -0.05) is 0 Å². The minimum atomic E-state index is -4.57. The van der Waals surface area contributed by atoms with Crippen molar-refractivity contribution < 1.29 is 35.6 Å². The van der Waals surface area contributed by atoms with Crippen molar-refractivity contribution in [2.24, 2.45) is 0 Å². The van der Waals surface area contributed by atoms with Crippen molar-refractivity contribution in [2.75, 3.05) is 27.9 Å². The summed E-state index contributed by atoms with van der Waals surface area (Å²) in [7, 11) is 1.49. The predicted molar refractivity (Wildman–Crippen MR) is 57.7 cm³/mol. The minimum Gasteiger partial charge on any atom is -0.377 e. The van der Waals surface area contributed by atoms with E-state index in [0.717, 1.165) is 0 Å². The quantitative estimate of drug-likeness (QED) is 0.372. The molecular weight excluding hydrogens is 276 g/mol. The van der Waals surface area contributed by atoms with Gasteiger partial charge >= 0.3 is 15.0 Å². The third kappa shape index (κ3) is 7.26. The van der Waals surface area contributed by atoms with E-state index in [1.165, 1.54) is 21.3 Å². The van der Waals surface area contributed by atoms with Gasteiger partial charge in [-0.3, -0.25) is 0 Å². The lowest BCUT2D eigenvalue weighted by Gasteiger charge is -2.24. The SMILES string of the molecule is CO[Si](CCCOC(F)CC(F)(F)F)(OC)OC. The summed E-state index contributed by atoms with van der Waals surface area (Å²) in [4.78, 5) is 0. The Morgan fingerprint density at radius 3 is 1.94 bits per heavy atom. The first-order chi connectivity index (χ1) is 8.28. The summed E-state index contributed by atoms with van der Waals surface area (Å²) in [5.41, 5.74) is 0. The second-order valence-corrected chi connectivity index (χ2v) is 6.59. The monoisotopic (exact) mass is 294 g/mol. The second-order valence-electron chi connectivity index (χ2n) is 3.50. The maximum absolute atomic E-state index is 12.7. The molecular formula is C9H18F4O4Si. The molecule has 0 amide bonds. The van der Waals surface area contributed by atoms with Crippen LogP contribution in [0.4, 0.5) is 17.6 Å². The van der Waals surface area contributed by atoms with Gasteiger partial charge in [0.15, 0.2) is 0 Å². The van der Waals surface area contributed by atoms with Crippen molar-refractivity contribution >= 4 is 8.80 Å². The van der Waals surface area contributed by atoms with Crippen LogP contribution in [0.15, 0.2) is 0 Å². The average Bonchev–Trinajstić information content (AvgIpc) is 2.28. The molecule has 0 aliphatic heterocycles.